The standard InChI is InChI=1S/C31H37N7O4/c1-21-10-11-23(18-25(21)40-5)38-27(19-26(36-38)31(2,3)4)34-30(39)33-20-22-8-6-7-9-24(22)42-28-12-13-32-29(35-28)37-14-16-41-17-15-37/h6-13,18-19H,14-17,20H2,1-5H3,(H2,33,34,39). The van der Waals surface area contributed by atoms with Crippen molar-refractivity contribution in [2.75, 3.05) is 43.6 Å². The fraction of sp³-hybridized carbons (Fsp3) is 0.355. The van der Waals surface area contributed by atoms with Gasteiger partial charge in [0.1, 0.15) is 17.3 Å². The number of hydrogen-bond acceptors (Lipinski definition) is 8. The lowest BCUT2D eigenvalue weighted by molar-refractivity contribution is 0.122. The zero-order valence-electron chi connectivity index (χ0n) is 24.7. The number of rotatable bonds is 8. The van der Waals surface area contributed by atoms with Crippen molar-refractivity contribution in [1.82, 2.24) is 25.1 Å². The number of nitrogens with one attached hydrogen (secondary N) is 2. The van der Waals surface area contributed by atoms with Crippen LogP contribution in [-0.4, -0.2) is 59.2 Å². The molecule has 5 rings (SSSR count). The number of benzene rings is 2. The van der Waals surface area contributed by atoms with Gasteiger partial charge < -0.3 is 24.4 Å². The van der Waals surface area contributed by atoms with Gasteiger partial charge >= 0.3 is 6.03 Å². The fourth-order valence-electron chi connectivity index (χ4n) is 4.48. The summed E-state index contributed by atoms with van der Waals surface area (Å²) in [5, 5.41) is 10.7. The van der Waals surface area contributed by atoms with Crippen LogP contribution in [-0.2, 0) is 16.7 Å². The molecule has 220 valence electrons. The second-order valence-electron chi connectivity index (χ2n) is 11.0. The molecule has 1 fully saturated rings. The summed E-state index contributed by atoms with van der Waals surface area (Å²) in [6, 6.07) is 16.6. The van der Waals surface area contributed by atoms with Crippen LogP contribution < -0.4 is 25.0 Å². The third kappa shape index (κ3) is 6.80. The Bertz CT molecular complexity index is 1540. The molecular formula is C31H37N7O4. The van der Waals surface area contributed by atoms with Crippen molar-refractivity contribution in [3.63, 3.8) is 0 Å². The number of hydrogen-bond donors (Lipinski definition) is 2. The van der Waals surface area contributed by atoms with Gasteiger partial charge in [0.2, 0.25) is 11.8 Å². The summed E-state index contributed by atoms with van der Waals surface area (Å²) in [6.07, 6.45) is 1.68. The van der Waals surface area contributed by atoms with Crippen LogP contribution in [0.4, 0.5) is 16.6 Å². The van der Waals surface area contributed by atoms with Gasteiger partial charge in [-0.05, 0) is 24.6 Å². The molecule has 0 spiro atoms. The van der Waals surface area contributed by atoms with Crippen molar-refractivity contribution in [3.8, 4) is 23.1 Å². The molecule has 0 saturated carbocycles. The summed E-state index contributed by atoms with van der Waals surface area (Å²) >= 11 is 0. The highest BCUT2D eigenvalue weighted by molar-refractivity contribution is 5.88. The van der Waals surface area contributed by atoms with E-state index in [4.69, 9.17) is 19.3 Å². The number of carbonyl (C=O) groups excluding carboxylic acids is 1. The van der Waals surface area contributed by atoms with Crippen LogP contribution >= 0.6 is 0 Å². The number of ether oxygens (including phenoxy) is 3. The van der Waals surface area contributed by atoms with E-state index in [1.807, 2.05) is 55.5 Å². The first-order valence-corrected chi connectivity index (χ1v) is 13.9. The number of para-hydroxylation sites is 1. The van der Waals surface area contributed by atoms with Gasteiger partial charge in [-0.25, -0.2) is 14.5 Å². The second kappa shape index (κ2) is 12.5. The molecule has 2 amide bonds. The molecule has 0 aliphatic carbocycles. The van der Waals surface area contributed by atoms with Gasteiger partial charge in [0.15, 0.2) is 0 Å². The number of anilines is 2. The number of nitrogens with zero attached hydrogens (tertiary/aromatic N) is 5. The zero-order chi connectivity index (χ0) is 29.7. The average Bonchev–Trinajstić information content (AvgIpc) is 3.42. The first-order valence-electron chi connectivity index (χ1n) is 13.9. The molecule has 11 heteroatoms. The van der Waals surface area contributed by atoms with E-state index in [-0.39, 0.29) is 18.0 Å². The van der Waals surface area contributed by atoms with E-state index in [1.54, 1.807) is 24.1 Å². The molecule has 1 aliphatic heterocycles. The minimum Gasteiger partial charge on any atom is -0.496 e. The van der Waals surface area contributed by atoms with Gasteiger partial charge in [-0.1, -0.05) is 45.0 Å². The third-order valence-corrected chi connectivity index (χ3v) is 6.89. The Morgan fingerprint density at radius 3 is 2.60 bits per heavy atom. The Kier molecular flexibility index (Phi) is 8.58. The molecule has 0 unspecified atom stereocenters. The predicted molar refractivity (Wildman–Crippen MR) is 161 cm³/mol. The smallest absolute Gasteiger partial charge is 0.320 e. The Hall–Kier alpha value is -4.64. The number of aryl methyl sites for hydroxylation is 1. The normalized spacial score (nSPS) is 13.5. The van der Waals surface area contributed by atoms with Crippen LogP contribution in [0.25, 0.3) is 5.69 Å². The summed E-state index contributed by atoms with van der Waals surface area (Å²) in [4.78, 5) is 24.2. The molecule has 3 heterocycles. The maximum absolute atomic E-state index is 13.1. The van der Waals surface area contributed by atoms with Crippen molar-refractivity contribution < 1.29 is 19.0 Å². The summed E-state index contributed by atoms with van der Waals surface area (Å²) in [6.45, 7) is 11.2. The van der Waals surface area contributed by atoms with Crippen molar-refractivity contribution in [3.05, 3.63) is 77.6 Å². The van der Waals surface area contributed by atoms with Crippen molar-refractivity contribution >= 4 is 17.8 Å². The van der Waals surface area contributed by atoms with Gasteiger partial charge in [0, 0.05) is 55.0 Å². The average molecular weight is 572 g/mol. The minimum absolute atomic E-state index is 0.216. The molecule has 2 aromatic heterocycles. The van der Waals surface area contributed by atoms with Gasteiger partial charge in [0.25, 0.3) is 0 Å². The lowest BCUT2D eigenvalue weighted by atomic mass is 9.92. The molecule has 2 aromatic carbocycles. The van der Waals surface area contributed by atoms with E-state index in [0.717, 1.165) is 41.3 Å². The number of methoxy groups -OCH3 is 1. The maximum atomic E-state index is 13.1. The van der Waals surface area contributed by atoms with Gasteiger partial charge in [-0.3, -0.25) is 5.32 Å². The summed E-state index contributed by atoms with van der Waals surface area (Å²) in [7, 11) is 1.64. The third-order valence-electron chi connectivity index (χ3n) is 6.89. The van der Waals surface area contributed by atoms with Crippen LogP contribution in [0.5, 0.6) is 17.4 Å². The van der Waals surface area contributed by atoms with Gasteiger partial charge in [0.05, 0.1) is 31.7 Å². The molecule has 0 atom stereocenters. The van der Waals surface area contributed by atoms with Crippen molar-refractivity contribution in [2.45, 2.75) is 39.7 Å². The SMILES string of the molecule is COc1cc(-n2nc(C(C)(C)C)cc2NC(=O)NCc2ccccc2Oc2ccnc(N3CCOCC3)n2)ccc1C. The fourth-order valence-corrected chi connectivity index (χ4v) is 4.48. The molecule has 11 nitrogen and oxygen atoms in total. The molecular weight excluding hydrogens is 534 g/mol. The van der Waals surface area contributed by atoms with Crippen LogP contribution in [0.2, 0.25) is 0 Å². The number of amides is 2. The second-order valence-corrected chi connectivity index (χ2v) is 11.0. The Balaban J connectivity index is 1.30. The van der Waals surface area contributed by atoms with Crippen LogP contribution in [0, 0.1) is 6.92 Å². The number of urea groups is 1. The van der Waals surface area contributed by atoms with Gasteiger partial charge in [-0.2, -0.15) is 10.1 Å². The molecule has 0 bridgehead atoms. The molecule has 1 saturated heterocycles. The van der Waals surface area contributed by atoms with Crippen LogP contribution in [0.1, 0.15) is 37.6 Å². The Morgan fingerprint density at radius 1 is 1.05 bits per heavy atom. The number of morpholine rings is 1. The summed E-state index contributed by atoms with van der Waals surface area (Å²) < 4.78 is 18.8. The first-order chi connectivity index (χ1) is 20.2. The largest absolute Gasteiger partial charge is 0.496 e. The molecule has 2 N–H and O–H groups in total. The van der Waals surface area contributed by atoms with E-state index in [0.29, 0.717) is 36.6 Å². The number of carbonyl (C=O) groups is 1. The topological polar surface area (TPSA) is 116 Å². The molecule has 1 aliphatic rings. The molecule has 0 radical (unpaired) electrons. The highest BCUT2D eigenvalue weighted by Crippen LogP contribution is 2.29. The summed E-state index contributed by atoms with van der Waals surface area (Å²) in [5.41, 5.74) is 3.22. The molecule has 42 heavy (non-hydrogen) atoms. The highest BCUT2D eigenvalue weighted by atomic mass is 16.5. The van der Waals surface area contributed by atoms with Gasteiger partial charge in [-0.15, -0.1) is 0 Å². The van der Waals surface area contributed by atoms with E-state index < -0.39 is 0 Å². The summed E-state index contributed by atoms with van der Waals surface area (Å²) in [5.74, 6) is 2.91. The van der Waals surface area contributed by atoms with E-state index in [9.17, 15) is 4.79 Å². The predicted octanol–water partition coefficient (Wildman–Crippen LogP) is 5.23. The lowest BCUT2D eigenvalue weighted by Crippen LogP contribution is -2.37. The zero-order valence-corrected chi connectivity index (χ0v) is 24.7. The van der Waals surface area contributed by atoms with E-state index in [2.05, 4.69) is 46.3 Å². The quantitative estimate of drug-likeness (QED) is 0.296. The van der Waals surface area contributed by atoms with Crippen LogP contribution in [0.15, 0.2) is 60.8 Å². The minimum atomic E-state index is -0.373. The van der Waals surface area contributed by atoms with E-state index in [1.165, 1.54) is 0 Å². The Morgan fingerprint density at radius 2 is 1.83 bits per heavy atom. The monoisotopic (exact) mass is 571 g/mol. The maximum Gasteiger partial charge on any atom is 0.320 e. The van der Waals surface area contributed by atoms with Crippen molar-refractivity contribution in [2.24, 2.45) is 0 Å². The van der Waals surface area contributed by atoms with Crippen molar-refractivity contribution in [1.29, 1.82) is 0 Å². The first kappa shape index (κ1) is 28.9. The Labute approximate surface area is 245 Å². The van der Waals surface area contributed by atoms with Crippen LogP contribution in [0.3, 0.4) is 0 Å². The molecule has 4 aromatic rings. The highest BCUT2D eigenvalue weighted by Gasteiger charge is 2.22. The van der Waals surface area contributed by atoms with E-state index >= 15 is 0 Å². The lowest BCUT2D eigenvalue weighted by Gasteiger charge is -2.26. The number of aromatic nitrogens is 4.